The molecule has 0 saturated heterocycles. The van der Waals surface area contributed by atoms with Crippen LogP contribution in [0.5, 0.6) is 0 Å². The van der Waals surface area contributed by atoms with Crippen LogP contribution in [-0.2, 0) is 43.9 Å². The van der Waals surface area contributed by atoms with Crippen molar-refractivity contribution in [1.29, 1.82) is 0 Å². The topological polar surface area (TPSA) is 64.0 Å². The summed E-state index contributed by atoms with van der Waals surface area (Å²) in [4.78, 5) is 4.48. The zero-order valence-electron chi connectivity index (χ0n) is 12.6. The van der Waals surface area contributed by atoms with Crippen LogP contribution < -0.4 is 0 Å². The number of aryl methyl sites for hydroxylation is 1. The molecule has 21 heavy (non-hydrogen) atoms. The first-order valence-electron chi connectivity index (χ1n) is 7.26. The maximum absolute atomic E-state index is 5.55. The number of hydrogen-bond acceptors (Lipinski definition) is 6. The summed E-state index contributed by atoms with van der Waals surface area (Å²) in [6, 6.07) is 0. The summed E-state index contributed by atoms with van der Waals surface area (Å²) >= 11 is 0. The summed E-state index contributed by atoms with van der Waals surface area (Å²) in [6.07, 6.45) is 1.96. The molecule has 7 nitrogen and oxygen atoms in total. The molecule has 0 aliphatic carbocycles. The Labute approximate surface area is 125 Å². The zero-order valence-corrected chi connectivity index (χ0v) is 12.6. The molecular formula is C14H24N2O5. The number of aromatic nitrogens is 2. The van der Waals surface area contributed by atoms with Gasteiger partial charge < -0.3 is 28.3 Å². The van der Waals surface area contributed by atoms with Crippen molar-refractivity contribution in [1.82, 2.24) is 9.55 Å². The minimum atomic E-state index is 0.472. The molecule has 1 aromatic heterocycles. The van der Waals surface area contributed by atoms with Crippen molar-refractivity contribution in [3.63, 3.8) is 0 Å². The lowest BCUT2D eigenvalue weighted by Gasteiger charge is -2.08. The van der Waals surface area contributed by atoms with Crippen molar-refractivity contribution in [2.45, 2.75) is 13.2 Å². The fourth-order valence-corrected chi connectivity index (χ4v) is 1.89. The highest BCUT2D eigenvalue weighted by Gasteiger charge is 2.06. The number of imidazole rings is 1. The summed E-state index contributed by atoms with van der Waals surface area (Å²) in [5.41, 5.74) is 0.900. The molecule has 7 heteroatoms. The average Bonchev–Trinajstić information content (AvgIpc) is 2.82. The van der Waals surface area contributed by atoms with Gasteiger partial charge in [0.05, 0.1) is 65.2 Å². The van der Waals surface area contributed by atoms with Crippen LogP contribution in [0.3, 0.4) is 0 Å². The van der Waals surface area contributed by atoms with Gasteiger partial charge in [0.1, 0.15) is 12.4 Å². The molecule has 2 bridgehead atoms. The van der Waals surface area contributed by atoms with E-state index in [1.165, 1.54) is 0 Å². The van der Waals surface area contributed by atoms with Crippen molar-refractivity contribution in [2.24, 2.45) is 7.05 Å². The van der Waals surface area contributed by atoms with Gasteiger partial charge in [-0.2, -0.15) is 0 Å². The molecule has 0 atom stereocenters. The van der Waals surface area contributed by atoms with Crippen LogP contribution in [0.1, 0.15) is 11.5 Å². The fourth-order valence-electron chi connectivity index (χ4n) is 1.89. The Balaban J connectivity index is 1.79. The lowest BCUT2D eigenvalue weighted by Crippen LogP contribution is -2.13. The molecule has 2 rings (SSSR count). The molecule has 2 heterocycles. The highest BCUT2D eigenvalue weighted by molar-refractivity contribution is 5.01. The summed E-state index contributed by atoms with van der Waals surface area (Å²) in [7, 11) is 1.95. The molecule has 0 radical (unpaired) electrons. The van der Waals surface area contributed by atoms with Crippen LogP contribution >= 0.6 is 0 Å². The lowest BCUT2D eigenvalue weighted by molar-refractivity contribution is -0.0152. The largest absolute Gasteiger partial charge is 0.377 e. The van der Waals surface area contributed by atoms with Crippen molar-refractivity contribution >= 4 is 0 Å². The van der Waals surface area contributed by atoms with Crippen LogP contribution in [0.15, 0.2) is 6.20 Å². The molecule has 120 valence electrons. The quantitative estimate of drug-likeness (QED) is 0.696. The Morgan fingerprint density at radius 3 is 1.81 bits per heavy atom. The Morgan fingerprint density at radius 2 is 1.24 bits per heavy atom. The molecule has 0 amide bonds. The average molecular weight is 300 g/mol. The SMILES string of the molecule is Cn1cc2nc1COCCOCCOCCOCCOC2. The third-order valence-electron chi connectivity index (χ3n) is 2.99. The molecule has 0 N–H and O–H groups in total. The number of rotatable bonds is 0. The molecule has 1 aromatic rings. The van der Waals surface area contributed by atoms with E-state index in [-0.39, 0.29) is 0 Å². The van der Waals surface area contributed by atoms with Gasteiger partial charge in [0.25, 0.3) is 0 Å². The van der Waals surface area contributed by atoms with E-state index in [2.05, 4.69) is 4.98 Å². The fraction of sp³-hybridized carbons (Fsp3) is 0.786. The Bertz CT molecular complexity index is 397. The maximum Gasteiger partial charge on any atom is 0.134 e. The van der Waals surface area contributed by atoms with Gasteiger partial charge in [-0.05, 0) is 0 Å². The first-order valence-corrected chi connectivity index (χ1v) is 7.26. The van der Waals surface area contributed by atoms with Crippen LogP contribution in [0.4, 0.5) is 0 Å². The number of fused-ring (bicyclic) bond motifs is 2. The van der Waals surface area contributed by atoms with Gasteiger partial charge in [0, 0.05) is 13.2 Å². The molecule has 1 aliphatic heterocycles. The molecule has 0 saturated carbocycles. The van der Waals surface area contributed by atoms with Gasteiger partial charge >= 0.3 is 0 Å². The zero-order chi connectivity index (χ0) is 14.8. The number of ether oxygens (including phenoxy) is 5. The van der Waals surface area contributed by atoms with Gasteiger partial charge in [-0.25, -0.2) is 4.98 Å². The predicted molar refractivity (Wildman–Crippen MR) is 75.0 cm³/mol. The van der Waals surface area contributed by atoms with E-state index >= 15 is 0 Å². The van der Waals surface area contributed by atoms with Gasteiger partial charge in [-0.3, -0.25) is 0 Å². The van der Waals surface area contributed by atoms with E-state index in [4.69, 9.17) is 23.7 Å². The van der Waals surface area contributed by atoms with E-state index in [1.54, 1.807) is 0 Å². The number of nitrogens with zero attached hydrogens (tertiary/aromatic N) is 2. The van der Waals surface area contributed by atoms with Crippen molar-refractivity contribution in [2.75, 3.05) is 52.9 Å². The van der Waals surface area contributed by atoms with Crippen molar-refractivity contribution in [3.05, 3.63) is 17.7 Å². The maximum atomic E-state index is 5.55. The molecule has 0 spiro atoms. The van der Waals surface area contributed by atoms with Gasteiger partial charge in [0.15, 0.2) is 0 Å². The van der Waals surface area contributed by atoms with Crippen molar-refractivity contribution in [3.8, 4) is 0 Å². The minimum Gasteiger partial charge on any atom is -0.377 e. The standard InChI is InChI=1S/C14H24N2O5/c1-16-10-13-11-20-8-6-18-4-2-17-3-5-19-7-9-21-12-14(16)15-13/h10H,2-9,11-12H2,1H3. The predicted octanol–water partition coefficient (Wildman–Crippen LogP) is 0.517. The number of hydrogen-bond donors (Lipinski definition) is 0. The molecule has 0 aromatic carbocycles. The van der Waals surface area contributed by atoms with Gasteiger partial charge in [-0.1, -0.05) is 0 Å². The monoisotopic (exact) mass is 300 g/mol. The molecule has 1 aliphatic rings. The van der Waals surface area contributed by atoms with Crippen molar-refractivity contribution < 1.29 is 23.7 Å². The third kappa shape index (κ3) is 6.54. The van der Waals surface area contributed by atoms with E-state index in [0.29, 0.717) is 66.1 Å². The lowest BCUT2D eigenvalue weighted by atomic mass is 10.5. The van der Waals surface area contributed by atoms with E-state index < -0.39 is 0 Å². The Hall–Kier alpha value is -0.990. The highest BCUT2D eigenvalue weighted by Crippen LogP contribution is 2.04. The minimum absolute atomic E-state index is 0.472. The van der Waals surface area contributed by atoms with Crippen LogP contribution in [0.2, 0.25) is 0 Å². The first-order chi connectivity index (χ1) is 10.4. The third-order valence-corrected chi connectivity index (χ3v) is 2.99. The Morgan fingerprint density at radius 1 is 0.762 bits per heavy atom. The summed E-state index contributed by atoms with van der Waals surface area (Å²) in [5.74, 6) is 0.884. The normalized spacial score (nSPS) is 20.6. The van der Waals surface area contributed by atoms with Crippen LogP contribution in [0, 0.1) is 0 Å². The van der Waals surface area contributed by atoms with Crippen LogP contribution in [0.25, 0.3) is 0 Å². The summed E-state index contributed by atoms with van der Waals surface area (Å²) in [5, 5.41) is 0. The summed E-state index contributed by atoms with van der Waals surface area (Å²) in [6.45, 7) is 5.44. The molecule has 0 fully saturated rings. The summed E-state index contributed by atoms with van der Waals surface area (Å²) < 4.78 is 29.2. The smallest absolute Gasteiger partial charge is 0.134 e. The van der Waals surface area contributed by atoms with Gasteiger partial charge in [0.2, 0.25) is 0 Å². The second-order valence-electron chi connectivity index (χ2n) is 4.70. The van der Waals surface area contributed by atoms with E-state index in [9.17, 15) is 0 Å². The first kappa shape index (κ1) is 16.4. The highest BCUT2D eigenvalue weighted by atomic mass is 16.6. The second kappa shape index (κ2) is 9.86. The Kier molecular flexibility index (Phi) is 7.69. The van der Waals surface area contributed by atoms with Gasteiger partial charge in [-0.15, -0.1) is 0 Å². The van der Waals surface area contributed by atoms with E-state index in [1.807, 2.05) is 17.8 Å². The molecule has 0 unspecified atom stereocenters. The van der Waals surface area contributed by atoms with E-state index in [0.717, 1.165) is 11.5 Å². The second-order valence-corrected chi connectivity index (χ2v) is 4.70. The molecular weight excluding hydrogens is 276 g/mol. The van der Waals surface area contributed by atoms with Crippen LogP contribution in [-0.4, -0.2) is 62.4 Å².